The third-order valence-corrected chi connectivity index (χ3v) is 7.60. The number of carbonyl (C=O) groups excluding carboxylic acids is 1. The van der Waals surface area contributed by atoms with E-state index in [-0.39, 0.29) is 10.6 Å². The number of nitrogens with one attached hydrogen (secondary N) is 1. The van der Waals surface area contributed by atoms with Crippen molar-refractivity contribution in [1.29, 1.82) is 0 Å². The van der Waals surface area contributed by atoms with E-state index in [2.05, 4.69) is 33.1 Å². The van der Waals surface area contributed by atoms with Gasteiger partial charge in [0.2, 0.25) is 0 Å². The molecule has 3 rings (SSSR count). The lowest BCUT2D eigenvalue weighted by molar-refractivity contribution is -0.119. The number of aryl methyl sites for hydroxylation is 2. The lowest BCUT2D eigenvalue weighted by Gasteiger charge is -2.25. The SMILES string of the molecule is COc1ccc(C)cc1N(CC(=O)N/N=C(/C)c1ccc(I)cc1)S(=O)(=O)c1ccc(C)cc1. The van der Waals surface area contributed by atoms with Gasteiger partial charge in [-0.2, -0.15) is 5.10 Å². The zero-order valence-electron chi connectivity index (χ0n) is 19.4. The summed E-state index contributed by atoms with van der Waals surface area (Å²) in [5.74, 6) is -0.239. The summed E-state index contributed by atoms with van der Waals surface area (Å²) in [6, 6.07) is 19.3. The van der Waals surface area contributed by atoms with E-state index in [9.17, 15) is 13.2 Å². The van der Waals surface area contributed by atoms with Crippen molar-refractivity contribution in [2.75, 3.05) is 18.0 Å². The van der Waals surface area contributed by atoms with Crippen molar-refractivity contribution >= 4 is 49.9 Å². The van der Waals surface area contributed by atoms with E-state index in [1.54, 1.807) is 31.2 Å². The molecule has 0 unspecified atom stereocenters. The van der Waals surface area contributed by atoms with Gasteiger partial charge >= 0.3 is 0 Å². The van der Waals surface area contributed by atoms with Crippen LogP contribution >= 0.6 is 22.6 Å². The van der Waals surface area contributed by atoms with Gasteiger partial charge in [0.15, 0.2) is 0 Å². The summed E-state index contributed by atoms with van der Waals surface area (Å²) in [6.07, 6.45) is 0. The number of ether oxygens (including phenoxy) is 1. The zero-order chi connectivity index (χ0) is 24.9. The third-order valence-electron chi connectivity index (χ3n) is 5.11. The second kappa shape index (κ2) is 11.0. The Morgan fingerprint density at radius 1 is 1.00 bits per heavy atom. The highest BCUT2D eigenvalue weighted by Gasteiger charge is 2.29. The van der Waals surface area contributed by atoms with E-state index >= 15 is 0 Å². The minimum absolute atomic E-state index is 0.0769. The number of carbonyl (C=O) groups is 1. The molecule has 7 nitrogen and oxygen atoms in total. The predicted molar refractivity (Wildman–Crippen MR) is 143 cm³/mol. The first-order valence-corrected chi connectivity index (χ1v) is 13.0. The van der Waals surface area contributed by atoms with Gasteiger partial charge in [-0.1, -0.05) is 35.9 Å². The van der Waals surface area contributed by atoms with E-state index in [0.29, 0.717) is 11.5 Å². The Bertz CT molecular complexity index is 1300. The van der Waals surface area contributed by atoms with Gasteiger partial charge in [0, 0.05) is 3.57 Å². The number of nitrogens with zero attached hydrogens (tertiary/aromatic N) is 2. The van der Waals surface area contributed by atoms with E-state index in [1.165, 1.54) is 19.2 Å². The normalized spacial score (nSPS) is 11.7. The Morgan fingerprint density at radius 2 is 1.62 bits per heavy atom. The maximum atomic E-state index is 13.6. The summed E-state index contributed by atoms with van der Waals surface area (Å²) >= 11 is 2.21. The summed E-state index contributed by atoms with van der Waals surface area (Å²) in [7, 11) is -2.61. The van der Waals surface area contributed by atoms with Crippen molar-refractivity contribution in [3.05, 3.63) is 87.0 Å². The molecule has 0 bridgehead atoms. The van der Waals surface area contributed by atoms with Crippen LogP contribution in [0.4, 0.5) is 5.69 Å². The van der Waals surface area contributed by atoms with Crippen LogP contribution in [0.15, 0.2) is 76.7 Å². The molecule has 0 spiro atoms. The molecular formula is C25H26IN3O4S. The minimum Gasteiger partial charge on any atom is -0.495 e. The van der Waals surface area contributed by atoms with Crippen LogP contribution in [0.25, 0.3) is 0 Å². The maximum Gasteiger partial charge on any atom is 0.264 e. The first-order chi connectivity index (χ1) is 16.1. The molecule has 3 aromatic rings. The fourth-order valence-electron chi connectivity index (χ4n) is 3.20. The van der Waals surface area contributed by atoms with Gasteiger partial charge < -0.3 is 4.74 Å². The van der Waals surface area contributed by atoms with Crippen molar-refractivity contribution in [2.45, 2.75) is 25.7 Å². The molecule has 0 saturated carbocycles. The summed E-state index contributed by atoms with van der Waals surface area (Å²) in [5.41, 5.74) is 5.96. The summed E-state index contributed by atoms with van der Waals surface area (Å²) in [4.78, 5) is 12.9. The Labute approximate surface area is 214 Å². The van der Waals surface area contributed by atoms with E-state index in [4.69, 9.17) is 4.74 Å². The monoisotopic (exact) mass is 591 g/mol. The highest BCUT2D eigenvalue weighted by atomic mass is 127. The van der Waals surface area contributed by atoms with Crippen LogP contribution in [0.1, 0.15) is 23.6 Å². The lowest BCUT2D eigenvalue weighted by Crippen LogP contribution is -2.40. The molecule has 0 aliphatic carbocycles. The van der Waals surface area contributed by atoms with Crippen molar-refractivity contribution in [3.63, 3.8) is 0 Å². The number of halogens is 1. The average Bonchev–Trinajstić information content (AvgIpc) is 2.81. The molecule has 0 radical (unpaired) electrons. The number of hydrogen-bond acceptors (Lipinski definition) is 5. The highest BCUT2D eigenvalue weighted by molar-refractivity contribution is 14.1. The van der Waals surface area contributed by atoms with Gasteiger partial charge in [-0.15, -0.1) is 0 Å². The number of anilines is 1. The zero-order valence-corrected chi connectivity index (χ0v) is 22.3. The molecule has 34 heavy (non-hydrogen) atoms. The number of rotatable bonds is 8. The number of methoxy groups -OCH3 is 1. The number of hydrazone groups is 1. The largest absolute Gasteiger partial charge is 0.495 e. The Kier molecular flexibility index (Phi) is 8.32. The van der Waals surface area contributed by atoms with Gasteiger partial charge in [0.05, 0.1) is 23.4 Å². The molecule has 178 valence electrons. The maximum absolute atomic E-state index is 13.6. The van der Waals surface area contributed by atoms with Gasteiger partial charge in [0.25, 0.3) is 15.9 Å². The molecule has 0 saturated heterocycles. The van der Waals surface area contributed by atoms with E-state index in [1.807, 2.05) is 44.2 Å². The molecular weight excluding hydrogens is 565 g/mol. The lowest BCUT2D eigenvalue weighted by atomic mass is 10.1. The molecule has 0 fully saturated rings. The van der Waals surface area contributed by atoms with Gasteiger partial charge in [0.1, 0.15) is 12.3 Å². The quantitative estimate of drug-likeness (QED) is 0.235. The predicted octanol–water partition coefficient (Wildman–Crippen LogP) is 4.65. The van der Waals surface area contributed by atoms with Crippen LogP contribution in [0.3, 0.4) is 0 Å². The molecule has 1 amide bonds. The van der Waals surface area contributed by atoms with Crippen molar-refractivity contribution in [3.8, 4) is 5.75 Å². The van der Waals surface area contributed by atoms with E-state index in [0.717, 1.165) is 24.6 Å². The van der Waals surface area contributed by atoms with Crippen molar-refractivity contribution < 1.29 is 17.9 Å². The summed E-state index contributed by atoms with van der Waals surface area (Å²) in [5, 5.41) is 4.16. The Morgan fingerprint density at radius 3 is 2.24 bits per heavy atom. The van der Waals surface area contributed by atoms with Gasteiger partial charge in [-0.3, -0.25) is 9.10 Å². The molecule has 9 heteroatoms. The molecule has 0 heterocycles. The van der Waals surface area contributed by atoms with Crippen LogP contribution in [0.5, 0.6) is 5.75 Å². The van der Waals surface area contributed by atoms with Crippen LogP contribution in [0, 0.1) is 17.4 Å². The first-order valence-electron chi connectivity index (χ1n) is 10.4. The molecule has 3 aromatic carbocycles. The standard InChI is InChI=1S/C25H26IN3O4S/c1-17-5-12-22(13-6-17)34(31,32)29(23-15-18(2)7-14-24(23)33-4)16-25(30)28-27-19(3)20-8-10-21(26)11-9-20/h5-15H,16H2,1-4H3,(H,28,30)/b27-19-. The van der Waals surface area contributed by atoms with Gasteiger partial charge in [-0.25, -0.2) is 13.8 Å². The fourth-order valence-corrected chi connectivity index (χ4v) is 4.98. The molecule has 1 N–H and O–H groups in total. The van der Waals surface area contributed by atoms with Crippen LogP contribution < -0.4 is 14.5 Å². The molecule has 0 atom stereocenters. The molecule has 0 aliphatic heterocycles. The molecule has 0 aliphatic rings. The van der Waals surface area contributed by atoms with Crippen molar-refractivity contribution in [2.24, 2.45) is 5.10 Å². The molecule has 0 aromatic heterocycles. The number of hydrogen-bond donors (Lipinski definition) is 1. The van der Waals surface area contributed by atoms with Crippen LogP contribution in [-0.2, 0) is 14.8 Å². The summed E-state index contributed by atoms with van der Waals surface area (Å²) in [6.45, 7) is 5.01. The fraction of sp³-hybridized carbons (Fsp3) is 0.200. The van der Waals surface area contributed by atoms with Crippen LogP contribution in [0.2, 0.25) is 0 Å². The Balaban J connectivity index is 1.95. The smallest absolute Gasteiger partial charge is 0.264 e. The van der Waals surface area contributed by atoms with Crippen molar-refractivity contribution in [1.82, 2.24) is 5.43 Å². The summed E-state index contributed by atoms with van der Waals surface area (Å²) < 4.78 is 34.8. The Hall–Kier alpha value is -2.92. The number of sulfonamides is 1. The second-order valence-electron chi connectivity index (χ2n) is 7.74. The van der Waals surface area contributed by atoms with Gasteiger partial charge in [-0.05, 0) is 90.9 Å². The minimum atomic E-state index is -4.07. The highest BCUT2D eigenvalue weighted by Crippen LogP contribution is 2.33. The number of amides is 1. The number of benzene rings is 3. The second-order valence-corrected chi connectivity index (χ2v) is 10.8. The van der Waals surface area contributed by atoms with Crippen LogP contribution in [-0.4, -0.2) is 33.7 Å². The first kappa shape index (κ1) is 25.7. The topological polar surface area (TPSA) is 88.1 Å². The van der Waals surface area contributed by atoms with E-state index < -0.39 is 22.5 Å². The third kappa shape index (κ3) is 6.15. The average molecular weight is 591 g/mol.